The van der Waals surface area contributed by atoms with Gasteiger partial charge in [0, 0.05) is 19.6 Å². The molecule has 0 amide bonds. The normalized spacial score (nSPS) is 25.6. The first-order chi connectivity index (χ1) is 9.49. The van der Waals surface area contributed by atoms with Gasteiger partial charge in [0.1, 0.15) is 0 Å². The van der Waals surface area contributed by atoms with Crippen LogP contribution in [0.2, 0.25) is 0 Å². The molecular weight excluding hydrogens is 246 g/mol. The van der Waals surface area contributed by atoms with Gasteiger partial charge >= 0.3 is 0 Å². The Labute approximate surface area is 124 Å². The molecule has 0 radical (unpaired) electrons. The van der Waals surface area contributed by atoms with Crippen molar-refractivity contribution in [3.63, 3.8) is 0 Å². The van der Waals surface area contributed by atoms with Gasteiger partial charge in [-0.15, -0.1) is 0 Å². The maximum atomic E-state index is 5.45. The first-order valence-electron chi connectivity index (χ1n) is 8.19. The number of hydrogen-bond donors (Lipinski definition) is 0. The van der Waals surface area contributed by atoms with Gasteiger partial charge in [0.05, 0.1) is 13.2 Å². The summed E-state index contributed by atoms with van der Waals surface area (Å²) in [7, 11) is 0. The maximum absolute atomic E-state index is 5.45. The zero-order valence-corrected chi connectivity index (χ0v) is 13.9. The lowest BCUT2D eigenvalue weighted by molar-refractivity contribution is 0.0416. The van der Waals surface area contributed by atoms with E-state index in [-0.39, 0.29) is 0 Å². The van der Waals surface area contributed by atoms with E-state index in [1.807, 2.05) is 0 Å². The van der Waals surface area contributed by atoms with E-state index < -0.39 is 0 Å². The lowest BCUT2D eigenvalue weighted by Crippen LogP contribution is -2.38. The van der Waals surface area contributed by atoms with Gasteiger partial charge in [-0.25, -0.2) is 0 Å². The summed E-state index contributed by atoms with van der Waals surface area (Å²) in [6, 6.07) is 0. The highest BCUT2D eigenvalue weighted by Crippen LogP contribution is 2.37. The fourth-order valence-corrected chi connectivity index (χ4v) is 3.56. The zero-order chi connectivity index (χ0) is 14.7. The number of hydrogen-bond acceptors (Lipinski definition) is 2. The van der Waals surface area contributed by atoms with Crippen LogP contribution in [0.3, 0.4) is 0 Å². The number of allylic oxidation sites excluding steroid dienone is 3. The van der Waals surface area contributed by atoms with E-state index in [1.54, 1.807) is 16.7 Å². The summed E-state index contributed by atoms with van der Waals surface area (Å²) in [5, 5.41) is 0. The molecule has 20 heavy (non-hydrogen) atoms. The Morgan fingerprint density at radius 2 is 1.85 bits per heavy atom. The summed E-state index contributed by atoms with van der Waals surface area (Å²) in [6.45, 7) is 16.8. The first kappa shape index (κ1) is 15.8. The van der Waals surface area contributed by atoms with Crippen LogP contribution < -0.4 is 0 Å². The lowest BCUT2D eigenvalue weighted by Gasteiger charge is -2.34. The fourth-order valence-electron chi connectivity index (χ4n) is 3.56. The van der Waals surface area contributed by atoms with Gasteiger partial charge < -0.3 is 4.74 Å². The molecule has 114 valence electrons. The highest BCUT2D eigenvalue weighted by atomic mass is 16.5. The minimum Gasteiger partial charge on any atom is -0.379 e. The summed E-state index contributed by atoms with van der Waals surface area (Å²) in [5.41, 5.74) is 4.83. The molecular formula is C18H31NO. The Kier molecular flexibility index (Phi) is 5.45. The molecule has 0 saturated carbocycles. The van der Waals surface area contributed by atoms with Crippen molar-refractivity contribution < 1.29 is 4.74 Å². The Morgan fingerprint density at radius 1 is 1.20 bits per heavy atom. The molecule has 2 rings (SSSR count). The van der Waals surface area contributed by atoms with Crippen LogP contribution in [0, 0.1) is 17.8 Å². The van der Waals surface area contributed by atoms with Gasteiger partial charge in [-0.2, -0.15) is 0 Å². The van der Waals surface area contributed by atoms with Crippen molar-refractivity contribution in [1.82, 2.24) is 4.90 Å². The summed E-state index contributed by atoms with van der Waals surface area (Å²) < 4.78 is 5.45. The average molecular weight is 277 g/mol. The molecule has 2 aliphatic rings. The molecule has 1 fully saturated rings. The molecule has 0 aromatic carbocycles. The van der Waals surface area contributed by atoms with Crippen LogP contribution in [-0.2, 0) is 4.74 Å². The standard InChI is InChI=1S/C18H31NO/c1-13(2)17-10-16(11-18(14(3)4)15(17)5)12-19-6-8-20-9-7-19/h10,13-14,18H,6-9,11-12H2,1-5H3. The second kappa shape index (κ2) is 6.91. The molecule has 1 unspecified atom stereocenters. The van der Waals surface area contributed by atoms with Crippen molar-refractivity contribution in [3.8, 4) is 0 Å². The van der Waals surface area contributed by atoms with Crippen LogP contribution in [0.5, 0.6) is 0 Å². The largest absolute Gasteiger partial charge is 0.379 e. The Balaban J connectivity index is 2.13. The third kappa shape index (κ3) is 3.73. The number of morpholine rings is 1. The fraction of sp³-hybridized carbons (Fsp3) is 0.778. The molecule has 0 aromatic rings. The van der Waals surface area contributed by atoms with Gasteiger partial charge in [0.2, 0.25) is 0 Å². The predicted octanol–water partition coefficient (Wildman–Crippen LogP) is 3.89. The average Bonchev–Trinajstić information content (AvgIpc) is 2.41. The van der Waals surface area contributed by atoms with Crippen LogP contribution in [0.25, 0.3) is 0 Å². The number of ether oxygens (including phenoxy) is 1. The zero-order valence-electron chi connectivity index (χ0n) is 13.9. The Hall–Kier alpha value is -0.600. The molecule has 1 aliphatic carbocycles. The second-order valence-corrected chi connectivity index (χ2v) is 7.04. The topological polar surface area (TPSA) is 12.5 Å². The molecule has 1 atom stereocenters. The highest BCUT2D eigenvalue weighted by molar-refractivity contribution is 5.36. The molecule has 0 spiro atoms. The van der Waals surface area contributed by atoms with E-state index in [4.69, 9.17) is 4.74 Å². The third-order valence-corrected chi connectivity index (χ3v) is 4.81. The van der Waals surface area contributed by atoms with Crippen LogP contribution in [0.4, 0.5) is 0 Å². The van der Waals surface area contributed by atoms with Crippen LogP contribution in [-0.4, -0.2) is 37.7 Å². The summed E-state index contributed by atoms with van der Waals surface area (Å²) in [5.74, 6) is 2.10. The SMILES string of the molecule is CC1=C(C(C)C)C=C(CN2CCOCC2)CC1C(C)C. The minimum absolute atomic E-state index is 0.635. The van der Waals surface area contributed by atoms with E-state index in [2.05, 4.69) is 45.6 Å². The van der Waals surface area contributed by atoms with Crippen molar-refractivity contribution in [1.29, 1.82) is 0 Å². The van der Waals surface area contributed by atoms with Crippen molar-refractivity contribution in [2.45, 2.75) is 41.0 Å². The smallest absolute Gasteiger partial charge is 0.0594 e. The Bertz CT molecular complexity index is 386. The monoisotopic (exact) mass is 277 g/mol. The second-order valence-electron chi connectivity index (χ2n) is 7.04. The molecule has 1 saturated heterocycles. The van der Waals surface area contributed by atoms with Crippen molar-refractivity contribution >= 4 is 0 Å². The minimum atomic E-state index is 0.635. The molecule has 2 nitrogen and oxygen atoms in total. The molecule has 0 aromatic heterocycles. The van der Waals surface area contributed by atoms with Gasteiger partial charge in [0.25, 0.3) is 0 Å². The van der Waals surface area contributed by atoms with Crippen molar-refractivity contribution in [2.75, 3.05) is 32.8 Å². The molecule has 1 aliphatic heterocycles. The van der Waals surface area contributed by atoms with Gasteiger partial charge in [-0.3, -0.25) is 4.90 Å². The lowest BCUT2D eigenvalue weighted by atomic mass is 9.75. The Morgan fingerprint density at radius 3 is 2.40 bits per heavy atom. The van der Waals surface area contributed by atoms with E-state index >= 15 is 0 Å². The molecule has 1 heterocycles. The van der Waals surface area contributed by atoms with Crippen molar-refractivity contribution in [2.24, 2.45) is 17.8 Å². The number of rotatable bonds is 4. The first-order valence-corrected chi connectivity index (χ1v) is 8.19. The number of nitrogens with zero attached hydrogens (tertiary/aromatic N) is 1. The van der Waals surface area contributed by atoms with Crippen LogP contribution in [0.15, 0.2) is 22.8 Å². The molecule has 0 bridgehead atoms. The summed E-state index contributed by atoms with van der Waals surface area (Å²) in [4.78, 5) is 2.55. The quantitative estimate of drug-likeness (QED) is 0.773. The van der Waals surface area contributed by atoms with E-state index in [1.165, 1.54) is 6.42 Å². The molecule has 2 heteroatoms. The van der Waals surface area contributed by atoms with Crippen molar-refractivity contribution in [3.05, 3.63) is 22.8 Å². The summed E-state index contributed by atoms with van der Waals surface area (Å²) in [6.07, 6.45) is 3.74. The van der Waals surface area contributed by atoms with Gasteiger partial charge in [0.15, 0.2) is 0 Å². The molecule has 0 N–H and O–H groups in total. The highest BCUT2D eigenvalue weighted by Gasteiger charge is 2.25. The maximum Gasteiger partial charge on any atom is 0.0594 e. The van der Waals surface area contributed by atoms with E-state index in [0.29, 0.717) is 5.92 Å². The van der Waals surface area contributed by atoms with Crippen LogP contribution in [0.1, 0.15) is 41.0 Å². The van der Waals surface area contributed by atoms with E-state index in [0.717, 1.165) is 44.7 Å². The van der Waals surface area contributed by atoms with Crippen LogP contribution >= 0.6 is 0 Å². The predicted molar refractivity (Wildman–Crippen MR) is 85.8 cm³/mol. The van der Waals surface area contributed by atoms with Gasteiger partial charge in [-0.05, 0) is 36.7 Å². The third-order valence-electron chi connectivity index (χ3n) is 4.81. The van der Waals surface area contributed by atoms with E-state index in [9.17, 15) is 0 Å². The summed E-state index contributed by atoms with van der Waals surface area (Å²) >= 11 is 0. The van der Waals surface area contributed by atoms with Gasteiger partial charge in [-0.1, -0.05) is 44.9 Å².